The molecular formula is C20H19NO4. The molecule has 1 amide bonds. The van der Waals surface area contributed by atoms with Crippen LogP contribution in [0.2, 0.25) is 0 Å². The predicted octanol–water partition coefficient (Wildman–Crippen LogP) is 3.46. The van der Waals surface area contributed by atoms with Gasteiger partial charge in [0.2, 0.25) is 0 Å². The highest BCUT2D eigenvalue weighted by Crippen LogP contribution is 2.20. The van der Waals surface area contributed by atoms with Gasteiger partial charge in [0, 0.05) is 13.1 Å². The van der Waals surface area contributed by atoms with Gasteiger partial charge < -0.3 is 14.1 Å². The molecular weight excluding hydrogens is 318 g/mol. The summed E-state index contributed by atoms with van der Waals surface area (Å²) in [6.07, 6.45) is 0. The van der Waals surface area contributed by atoms with E-state index in [9.17, 15) is 9.59 Å². The summed E-state index contributed by atoms with van der Waals surface area (Å²) in [5.74, 6) is 0.338. The van der Waals surface area contributed by atoms with Gasteiger partial charge in [-0.05, 0) is 42.1 Å². The molecule has 5 nitrogen and oxygen atoms in total. The van der Waals surface area contributed by atoms with Crippen LogP contribution < -0.4 is 10.4 Å². The van der Waals surface area contributed by atoms with Crippen molar-refractivity contribution in [2.45, 2.75) is 13.5 Å². The van der Waals surface area contributed by atoms with Gasteiger partial charge in [-0.3, -0.25) is 4.79 Å². The summed E-state index contributed by atoms with van der Waals surface area (Å²) in [6.45, 7) is 2.85. The Kier molecular flexibility index (Phi) is 4.84. The second-order valence-electron chi connectivity index (χ2n) is 5.66. The van der Waals surface area contributed by atoms with Crippen molar-refractivity contribution in [2.24, 2.45) is 0 Å². The number of amides is 1. The molecule has 3 rings (SSSR count). The zero-order chi connectivity index (χ0) is 17.8. The minimum atomic E-state index is -0.528. The average molecular weight is 337 g/mol. The van der Waals surface area contributed by atoms with Crippen molar-refractivity contribution >= 4 is 16.7 Å². The predicted molar refractivity (Wildman–Crippen MR) is 95.9 cm³/mol. The smallest absolute Gasteiger partial charge is 0.344 e. The van der Waals surface area contributed by atoms with Crippen molar-refractivity contribution in [3.05, 3.63) is 76.3 Å². The molecule has 0 N–H and O–H groups in total. The molecule has 5 heteroatoms. The van der Waals surface area contributed by atoms with Gasteiger partial charge in [0.25, 0.3) is 5.91 Å². The van der Waals surface area contributed by atoms with Crippen molar-refractivity contribution in [3.63, 3.8) is 0 Å². The maximum absolute atomic E-state index is 12.8. The SMILES string of the molecule is CCN(Cc1ccccc1)C(=O)c1cc2cc(OC)ccc2c(=O)o1. The van der Waals surface area contributed by atoms with E-state index in [4.69, 9.17) is 9.15 Å². The average Bonchev–Trinajstić information content (AvgIpc) is 2.65. The van der Waals surface area contributed by atoms with Crippen LogP contribution in [0, 0.1) is 0 Å². The second kappa shape index (κ2) is 7.21. The normalized spacial score (nSPS) is 10.6. The fraction of sp³-hybridized carbons (Fsp3) is 0.200. The molecule has 0 spiro atoms. The van der Waals surface area contributed by atoms with Crippen LogP contribution in [0.1, 0.15) is 23.0 Å². The van der Waals surface area contributed by atoms with Gasteiger partial charge in [-0.1, -0.05) is 30.3 Å². The molecule has 2 aromatic carbocycles. The number of hydrogen-bond donors (Lipinski definition) is 0. The zero-order valence-electron chi connectivity index (χ0n) is 14.2. The first kappa shape index (κ1) is 16.8. The summed E-state index contributed by atoms with van der Waals surface area (Å²) in [6, 6.07) is 16.3. The molecule has 0 bridgehead atoms. The fourth-order valence-electron chi connectivity index (χ4n) is 2.69. The monoisotopic (exact) mass is 337 g/mol. The molecule has 0 aliphatic heterocycles. The number of nitrogens with zero attached hydrogens (tertiary/aromatic N) is 1. The van der Waals surface area contributed by atoms with Crippen LogP contribution in [0.4, 0.5) is 0 Å². The highest BCUT2D eigenvalue weighted by Gasteiger charge is 2.19. The topological polar surface area (TPSA) is 59.8 Å². The largest absolute Gasteiger partial charge is 0.497 e. The lowest BCUT2D eigenvalue weighted by atomic mass is 10.1. The number of hydrogen-bond acceptors (Lipinski definition) is 4. The quantitative estimate of drug-likeness (QED) is 0.715. The first-order valence-electron chi connectivity index (χ1n) is 8.07. The standard InChI is InChI=1S/C20H19NO4/c1-3-21(13-14-7-5-4-6-8-14)19(22)18-12-15-11-16(24-2)9-10-17(15)20(23)25-18/h4-12H,3,13H2,1-2H3. The number of methoxy groups -OCH3 is 1. The van der Waals surface area contributed by atoms with E-state index in [1.54, 1.807) is 36.3 Å². The summed E-state index contributed by atoms with van der Waals surface area (Å²) >= 11 is 0. The number of rotatable bonds is 5. The highest BCUT2D eigenvalue weighted by molar-refractivity contribution is 5.95. The lowest BCUT2D eigenvalue weighted by Crippen LogP contribution is -2.30. The summed E-state index contributed by atoms with van der Waals surface area (Å²) in [5.41, 5.74) is 0.488. The first-order chi connectivity index (χ1) is 12.1. The lowest BCUT2D eigenvalue weighted by Gasteiger charge is -2.20. The maximum Gasteiger partial charge on any atom is 0.344 e. The summed E-state index contributed by atoms with van der Waals surface area (Å²) in [5, 5.41) is 1.04. The molecule has 0 fully saturated rings. The van der Waals surface area contributed by atoms with E-state index in [1.807, 2.05) is 37.3 Å². The Morgan fingerprint density at radius 3 is 2.56 bits per heavy atom. The molecule has 25 heavy (non-hydrogen) atoms. The van der Waals surface area contributed by atoms with Crippen LogP contribution in [0.25, 0.3) is 10.8 Å². The zero-order valence-corrected chi connectivity index (χ0v) is 14.2. The van der Waals surface area contributed by atoms with Gasteiger partial charge in [-0.25, -0.2) is 4.79 Å². The van der Waals surface area contributed by atoms with Gasteiger partial charge >= 0.3 is 5.63 Å². The minimum Gasteiger partial charge on any atom is -0.497 e. The third kappa shape index (κ3) is 3.55. The van der Waals surface area contributed by atoms with Gasteiger partial charge in [0.1, 0.15) is 5.75 Å². The van der Waals surface area contributed by atoms with Crippen molar-refractivity contribution in [1.82, 2.24) is 4.90 Å². The molecule has 0 unspecified atom stereocenters. The fourth-order valence-corrected chi connectivity index (χ4v) is 2.69. The first-order valence-corrected chi connectivity index (χ1v) is 8.07. The maximum atomic E-state index is 12.8. The number of fused-ring (bicyclic) bond motifs is 1. The summed E-state index contributed by atoms with van der Waals surface area (Å²) < 4.78 is 10.4. The molecule has 0 aliphatic rings. The molecule has 128 valence electrons. The van der Waals surface area contributed by atoms with E-state index in [0.29, 0.717) is 29.6 Å². The van der Waals surface area contributed by atoms with Crippen molar-refractivity contribution in [1.29, 1.82) is 0 Å². The van der Waals surface area contributed by atoms with Crippen molar-refractivity contribution < 1.29 is 13.9 Å². The third-order valence-electron chi connectivity index (χ3n) is 4.06. The van der Waals surface area contributed by atoms with E-state index >= 15 is 0 Å². The van der Waals surface area contributed by atoms with Crippen molar-refractivity contribution in [2.75, 3.05) is 13.7 Å². The van der Waals surface area contributed by atoms with Gasteiger partial charge in [0.05, 0.1) is 12.5 Å². The Bertz CT molecular complexity index is 947. The van der Waals surface area contributed by atoms with Crippen LogP contribution in [0.15, 0.2) is 63.8 Å². The van der Waals surface area contributed by atoms with Gasteiger partial charge in [-0.15, -0.1) is 0 Å². The van der Waals surface area contributed by atoms with Crippen molar-refractivity contribution in [3.8, 4) is 5.75 Å². The van der Waals surface area contributed by atoms with E-state index in [1.165, 1.54) is 0 Å². The Balaban J connectivity index is 1.96. The Morgan fingerprint density at radius 2 is 1.88 bits per heavy atom. The van der Waals surface area contributed by atoms with Crippen LogP contribution in [0.5, 0.6) is 5.75 Å². The highest BCUT2D eigenvalue weighted by atomic mass is 16.5. The lowest BCUT2D eigenvalue weighted by molar-refractivity contribution is 0.0716. The van der Waals surface area contributed by atoms with Crippen LogP contribution in [-0.4, -0.2) is 24.5 Å². The second-order valence-corrected chi connectivity index (χ2v) is 5.66. The molecule has 0 radical (unpaired) electrons. The van der Waals surface area contributed by atoms with Crippen LogP contribution >= 0.6 is 0 Å². The molecule has 0 aliphatic carbocycles. The third-order valence-corrected chi connectivity index (χ3v) is 4.06. The van der Waals surface area contributed by atoms with Crippen LogP contribution in [-0.2, 0) is 6.54 Å². The molecule has 0 saturated carbocycles. The van der Waals surface area contributed by atoms with Gasteiger partial charge in [0.15, 0.2) is 5.76 Å². The Labute approximate surface area is 145 Å². The van der Waals surface area contributed by atoms with E-state index in [0.717, 1.165) is 5.56 Å². The van der Waals surface area contributed by atoms with E-state index < -0.39 is 5.63 Å². The number of benzene rings is 2. The Morgan fingerprint density at radius 1 is 1.12 bits per heavy atom. The molecule has 0 saturated heterocycles. The molecule has 1 aromatic heterocycles. The minimum absolute atomic E-state index is 0.0311. The molecule has 0 atom stereocenters. The Hall–Kier alpha value is -3.08. The number of carbonyl (C=O) groups is 1. The van der Waals surface area contributed by atoms with Gasteiger partial charge in [-0.2, -0.15) is 0 Å². The molecule has 1 heterocycles. The summed E-state index contributed by atoms with van der Waals surface area (Å²) in [7, 11) is 1.55. The van der Waals surface area contributed by atoms with E-state index in [2.05, 4.69) is 0 Å². The summed E-state index contributed by atoms with van der Waals surface area (Å²) in [4.78, 5) is 26.6. The van der Waals surface area contributed by atoms with Crippen LogP contribution in [0.3, 0.4) is 0 Å². The van der Waals surface area contributed by atoms with E-state index in [-0.39, 0.29) is 11.7 Å². The molecule has 3 aromatic rings. The number of carbonyl (C=O) groups excluding carboxylic acids is 1. The number of ether oxygens (including phenoxy) is 1.